The van der Waals surface area contributed by atoms with Gasteiger partial charge in [0.05, 0.1) is 5.92 Å². The van der Waals surface area contributed by atoms with Gasteiger partial charge in [0.15, 0.2) is 0 Å². The summed E-state index contributed by atoms with van der Waals surface area (Å²) in [5, 5.41) is 1.05. The Morgan fingerprint density at radius 2 is 1.71 bits per heavy atom. The van der Waals surface area contributed by atoms with Gasteiger partial charge in [-0.25, -0.2) is 0 Å². The molecule has 120 valence electrons. The van der Waals surface area contributed by atoms with E-state index in [0.717, 1.165) is 23.0 Å². The second-order valence-corrected chi connectivity index (χ2v) is 6.26. The smallest absolute Gasteiger partial charge is 0.237 e. The van der Waals surface area contributed by atoms with Gasteiger partial charge in [-0.3, -0.25) is 14.5 Å². The van der Waals surface area contributed by atoms with Crippen LogP contribution in [-0.2, 0) is 16.1 Å². The van der Waals surface area contributed by atoms with Gasteiger partial charge in [-0.2, -0.15) is 0 Å². The Balaban J connectivity index is 1.80. The van der Waals surface area contributed by atoms with Crippen LogP contribution in [0, 0.1) is 0 Å². The molecule has 1 aromatic heterocycles. The minimum Gasteiger partial charge on any atom is -0.343 e. The summed E-state index contributed by atoms with van der Waals surface area (Å²) in [4.78, 5) is 25.6. The number of carbonyl (C=O) groups excluding carboxylic acids is 2. The number of para-hydroxylation sites is 1. The standard InChI is InChI=1S/C20H18N2O2/c1-21-19(23)11-16(20(21)24)17-13-22(12-14-7-3-2-4-8-14)18-10-6-5-9-15(17)18/h2-10,13,16H,11-12H2,1H3/t16-/m1/s1. The third-order valence-electron chi connectivity index (χ3n) is 4.77. The molecule has 0 unspecified atom stereocenters. The van der Waals surface area contributed by atoms with E-state index in [-0.39, 0.29) is 24.2 Å². The third-order valence-corrected chi connectivity index (χ3v) is 4.77. The molecule has 0 saturated carbocycles. The number of hydrogen-bond donors (Lipinski definition) is 0. The van der Waals surface area contributed by atoms with Crippen LogP contribution in [0.2, 0.25) is 0 Å². The highest BCUT2D eigenvalue weighted by molar-refractivity contribution is 6.07. The predicted octanol–water partition coefficient (Wildman–Crippen LogP) is 3.16. The highest BCUT2D eigenvalue weighted by atomic mass is 16.2. The fourth-order valence-corrected chi connectivity index (χ4v) is 3.46. The summed E-state index contributed by atoms with van der Waals surface area (Å²) in [5.74, 6) is -0.586. The van der Waals surface area contributed by atoms with Crippen molar-refractivity contribution in [2.75, 3.05) is 7.05 Å². The van der Waals surface area contributed by atoms with Crippen molar-refractivity contribution < 1.29 is 9.59 Å². The van der Waals surface area contributed by atoms with Crippen LogP contribution in [0.4, 0.5) is 0 Å². The summed E-state index contributed by atoms with van der Waals surface area (Å²) in [6.45, 7) is 0.742. The van der Waals surface area contributed by atoms with Gasteiger partial charge in [-0.15, -0.1) is 0 Å². The molecule has 24 heavy (non-hydrogen) atoms. The Hall–Kier alpha value is -2.88. The first-order chi connectivity index (χ1) is 11.6. The van der Waals surface area contributed by atoms with E-state index in [1.54, 1.807) is 7.05 Å². The summed E-state index contributed by atoms with van der Waals surface area (Å²) < 4.78 is 2.16. The molecule has 0 bridgehead atoms. The molecule has 0 N–H and O–H groups in total. The van der Waals surface area contributed by atoms with E-state index < -0.39 is 0 Å². The SMILES string of the molecule is CN1C(=O)C[C@H](c2cn(Cc3ccccc3)c3ccccc23)C1=O. The molecule has 1 aliphatic heterocycles. The molecular formula is C20H18N2O2. The molecule has 4 nitrogen and oxygen atoms in total. The molecule has 1 fully saturated rings. The molecule has 1 aliphatic rings. The number of nitrogens with zero attached hydrogens (tertiary/aromatic N) is 2. The van der Waals surface area contributed by atoms with Gasteiger partial charge in [0.2, 0.25) is 11.8 Å². The van der Waals surface area contributed by atoms with Gasteiger partial charge in [0.1, 0.15) is 0 Å². The van der Waals surface area contributed by atoms with Crippen molar-refractivity contribution >= 4 is 22.7 Å². The van der Waals surface area contributed by atoms with Crippen LogP contribution in [0.15, 0.2) is 60.8 Å². The molecule has 0 radical (unpaired) electrons. The zero-order valence-electron chi connectivity index (χ0n) is 13.5. The minimum absolute atomic E-state index is 0.107. The van der Waals surface area contributed by atoms with Crippen molar-refractivity contribution in [2.24, 2.45) is 0 Å². The molecule has 4 rings (SSSR count). The van der Waals surface area contributed by atoms with Gasteiger partial charge in [-0.05, 0) is 17.2 Å². The van der Waals surface area contributed by atoms with E-state index in [2.05, 4.69) is 22.8 Å². The second-order valence-electron chi connectivity index (χ2n) is 6.26. The van der Waals surface area contributed by atoms with Crippen molar-refractivity contribution in [1.82, 2.24) is 9.47 Å². The number of benzene rings is 2. The molecule has 1 atom stereocenters. The lowest BCUT2D eigenvalue weighted by Gasteiger charge is -2.07. The fraction of sp³-hybridized carbons (Fsp3) is 0.200. The summed E-state index contributed by atoms with van der Waals surface area (Å²) in [6, 6.07) is 18.3. The number of likely N-dealkylation sites (N-methyl/N-ethyl adjacent to an activating group) is 1. The minimum atomic E-state index is -0.371. The van der Waals surface area contributed by atoms with Crippen LogP contribution < -0.4 is 0 Å². The van der Waals surface area contributed by atoms with Crippen molar-refractivity contribution in [1.29, 1.82) is 0 Å². The first kappa shape index (κ1) is 14.7. The molecule has 0 aliphatic carbocycles. The summed E-state index contributed by atoms with van der Waals surface area (Å²) >= 11 is 0. The average Bonchev–Trinajstić information content (AvgIpc) is 3.09. The normalized spacial score (nSPS) is 17.9. The first-order valence-corrected chi connectivity index (χ1v) is 8.07. The van der Waals surface area contributed by atoms with Crippen molar-refractivity contribution in [2.45, 2.75) is 18.9 Å². The number of likely N-dealkylation sites (tertiary alicyclic amines) is 1. The lowest BCUT2D eigenvalue weighted by atomic mass is 9.97. The Morgan fingerprint density at radius 3 is 2.42 bits per heavy atom. The quantitative estimate of drug-likeness (QED) is 0.696. The number of hydrogen-bond acceptors (Lipinski definition) is 2. The lowest BCUT2D eigenvalue weighted by molar-refractivity contribution is -0.137. The molecule has 4 heteroatoms. The van der Waals surface area contributed by atoms with E-state index in [1.165, 1.54) is 10.5 Å². The largest absolute Gasteiger partial charge is 0.343 e. The zero-order valence-corrected chi connectivity index (χ0v) is 13.5. The number of amides is 2. The zero-order chi connectivity index (χ0) is 16.7. The van der Waals surface area contributed by atoms with Gasteiger partial charge >= 0.3 is 0 Å². The molecule has 2 aromatic carbocycles. The van der Waals surface area contributed by atoms with Crippen molar-refractivity contribution in [3.8, 4) is 0 Å². The first-order valence-electron chi connectivity index (χ1n) is 8.07. The van der Waals surface area contributed by atoms with Crippen LogP contribution in [0.3, 0.4) is 0 Å². The Bertz CT molecular complexity index is 927. The van der Waals surface area contributed by atoms with E-state index in [0.29, 0.717) is 0 Å². The molecule has 2 heterocycles. The maximum atomic E-state index is 12.4. The van der Waals surface area contributed by atoms with Crippen LogP contribution in [-0.4, -0.2) is 28.3 Å². The van der Waals surface area contributed by atoms with Gasteiger partial charge in [0.25, 0.3) is 0 Å². The monoisotopic (exact) mass is 318 g/mol. The van der Waals surface area contributed by atoms with E-state index in [1.807, 2.05) is 42.6 Å². The number of imide groups is 1. The Kier molecular flexibility index (Phi) is 3.45. The second kappa shape index (κ2) is 5.64. The average molecular weight is 318 g/mol. The van der Waals surface area contributed by atoms with Gasteiger partial charge in [0, 0.05) is 37.1 Å². The highest BCUT2D eigenvalue weighted by Crippen LogP contribution is 2.35. The predicted molar refractivity (Wildman–Crippen MR) is 92.6 cm³/mol. The number of fused-ring (bicyclic) bond motifs is 1. The van der Waals surface area contributed by atoms with Gasteiger partial charge < -0.3 is 4.57 Å². The molecular weight excluding hydrogens is 300 g/mol. The summed E-state index contributed by atoms with van der Waals surface area (Å²) in [6.07, 6.45) is 2.29. The maximum absolute atomic E-state index is 12.4. The van der Waals surface area contributed by atoms with E-state index in [4.69, 9.17) is 0 Å². The van der Waals surface area contributed by atoms with Gasteiger partial charge in [-0.1, -0.05) is 48.5 Å². The third kappa shape index (κ3) is 2.31. The van der Waals surface area contributed by atoms with Crippen LogP contribution in [0.25, 0.3) is 10.9 Å². The number of carbonyl (C=O) groups is 2. The van der Waals surface area contributed by atoms with Crippen LogP contribution in [0.1, 0.15) is 23.5 Å². The number of aromatic nitrogens is 1. The molecule has 1 saturated heterocycles. The van der Waals surface area contributed by atoms with Crippen LogP contribution in [0.5, 0.6) is 0 Å². The topological polar surface area (TPSA) is 42.3 Å². The summed E-state index contributed by atoms with van der Waals surface area (Å²) in [5.41, 5.74) is 3.24. The fourth-order valence-electron chi connectivity index (χ4n) is 3.46. The Labute approximate surface area is 140 Å². The van der Waals surface area contributed by atoms with Crippen molar-refractivity contribution in [3.63, 3.8) is 0 Å². The molecule has 3 aromatic rings. The maximum Gasteiger partial charge on any atom is 0.237 e. The van der Waals surface area contributed by atoms with Crippen molar-refractivity contribution in [3.05, 3.63) is 71.9 Å². The highest BCUT2D eigenvalue weighted by Gasteiger charge is 2.38. The molecule has 0 spiro atoms. The lowest BCUT2D eigenvalue weighted by Crippen LogP contribution is -2.25. The van der Waals surface area contributed by atoms with E-state index in [9.17, 15) is 9.59 Å². The van der Waals surface area contributed by atoms with E-state index >= 15 is 0 Å². The molecule has 2 amide bonds. The van der Waals surface area contributed by atoms with Crippen LogP contribution >= 0.6 is 0 Å². The number of rotatable bonds is 3. The summed E-state index contributed by atoms with van der Waals surface area (Å²) in [7, 11) is 1.56. The Morgan fingerprint density at radius 1 is 1.00 bits per heavy atom.